The molecule has 6 nitrogen and oxygen atoms in total. The number of hydrogen-bond acceptors (Lipinski definition) is 5. The van der Waals surface area contributed by atoms with E-state index in [0.29, 0.717) is 19.3 Å². The first kappa shape index (κ1) is 57.9. The molecule has 0 aliphatic heterocycles. The normalized spacial score (nSPS) is 13.1. The van der Waals surface area contributed by atoms with Crippen LogP contribution < -0.4 is 5.32 Å². The summed E-state index contributed by atoms with van der Waals surface area (Å²) in [6.07, 6.45) is 51.6. The van der Waals surface area contributed by atoms with E-state index < -0.39 is 18.2 Å². The Kier molecular flexibility index (Phi) is 47.0. The number of nitrogens with one attached hydrogen (secondary N) is 1. The van der Waals surface area contributed by atoms with E-state index in [4.69, 9.17) is 4.74 Å². The van der Waals surface area contributed by atoms with Crippen molar-refractivity contribution in [3.63, 3.8) is 0 Å². The summed E-state index contributed by atoms with van der Waals surface area (Å²) < 4.78 is 5.95. The van der Waals surface area contributed by atoms with E-state index >= 15 is 0 Å². The van der Waals surface area contributed by atoms with Crippen molar-refractivity contribution in [1.82, 2.24) is 5.32 Å². The van der Waals surface area contributed by atoms with Gasteiger partial charge in [0, 0.05) is 6.42 Å². The molecule has 0 bridgehead atoms. The van der Waals surface area contributed by atoms with Gasteiger partial charge >= 0.3 is 5.97 Å². The molecular weight excluding hydrogens is 731 g/mol. The van der Waals surface area contributed by atoms with E-state index in [1.54, 1.807) is 0 Å². The fourth-order valence-electron chi connectivity index (χ4n) is 8.61. The van der Waals surface area contributed by atoms with E-state index in [-0.39, 0.29) is 24.9 Å². The summed E-state index contributed by atoms with van der Waals surface area (Å²) in [5, 5.41) is 23.8. The van der Waals surface area contributed by atoms with Crippen LogP contribution in [0, 0.1) is 0 Å². The van der Waals surface area contributed by atoms with Crippen molar-refractivity contribution in [2.24, 2.45) is 0 Å². The van der Waals surface area contributed by atoms with Crippen LogP contribution >= 0.6 is 0 Å². The minimum atomic E-state index is -0.778. The van der Waals surface area contributed by atoms with Crippen molar-refractivity contribution in [3.8, 4) is 0 Å². The van der Waals surface area contributed by atoms with Crippen molar-refractivity contribution >= 4 is 11.9 Å². The predicted molar refractivity (Wildman–Crippen MR) is 255 cm³/mol. The summed E-state index contributed by atoms with van der Waals surface area (Å²) in [7, 11) is 0. The number of unbranched alkanes of at least 4 members (excludes halogenated alkanes) is 37. The van der Waals surface area contributed by atoms with Gasteiger partial charge in [-0.3, -0.25) is 9.59 Å². The summed E-state index contributed by atoms with van der Waals surface area (Å²) in [4.78, 5) is 26.2. The predicted octanol–water partition coefficient (Wildman–Crippen LogP) is 16.0. The van der Waals surface area contributed by atoms with Gasteiger partial charge in [-0.1, -0.05) is 265 Å². The van der Waals surface area contributed by atoms with Gasteiger partial charge in [-0.15, -0.1) is 0 Å². The molecule has 0 saturated carbocycles. The molecule has 0 fully saturated rings. The van der Waals surface area contributed by atoms with Crippen LogP contribution in [0.2, 0.25) is 0 Å². The van der Waals surface area contributed by atoms with Crippen LogP contribution in [0.4, 0.5) is 0 Å². The van der Waals surface area contributed by atoms with Gasteiger partial charge in [0.15, 0.2) is 0 Å². The van der Waals surface area contributed by atoms with Crippen molar-refractivity contribution in [2.45, 2.75) is 322 Å². The van der Waals surface area contributed by atoms with Crippen LogP contribution in [0.25, 0.3) is 0 Å². The molecule has 0 rings (SSSR count). The van der Waals surface area contributed by atoms with Crippen LogP contribution in [-0.2, 0) is 14.3 Å². The fraction of sp³-hybridized carbons (Fsp3) is 0.962. The van der Waals surface area contributed by atoms with E-state index in [9.17, 15) is 19.8 Å². The van der Waals surface area contributed by atoms with Crippen LogP contribution in [0.15, 0.2) is 0 Å². The first-order valence-electron chi connectivity index (χ1n) is 26.8. The Bertz CT molecular complexity index is 852. The van der Waals surface area contributed by atoms with Gasteiger partial charge in [0.05, 0.1) is 25.2 Å². The molecule has 3 atom stereocenters. The van der Waals surface area contributed by atoms with Gasteiger partial charge in [0.1, 0.15) is 6.10 Å². The van der Waals surface area contributed by atoms with Crippen molar-refractivity contribution in [3.05, 3.63) is 0 Å². The van der Waals surface area contributed by atoms with E-state index in [1.807, 2.05) is 0 Å². The van der Waals surface area contributed by atoms with E-state index in [1.165, 1.54) is 218 Å². The summed E-state index contributed by atoms with van der Waals surface area (Å²) >= 11 is 0. The molecule has 3 N–H and O–H groups in total. The lowest BCUT2D eigenvalue weighted by Gasteiger charge is -2.24. The number of amides is 1. The highest BCUT2D eigenvalue weighted by molar-refractivity contribution is 5.77. The average molecular weight is 836 g/mol. The summed E-state index contributed by atoms with van der Waals surface area (Å²) in [6.45, 7) is 6.51. The third-order valence-corrected chi connectivity index (χ3v) is 12.7. The number of rotatable bonds is 49. The highest BCUT2D eigenvalue weighted by Crippen LogP contribution is 2.19. The zero-order valence-corrected chi connectivity index (χ0v) is 40.2. The highest BCUT2D eigenvalue weighted by Gasteiger charge is 2.24. The van der Waals surface area contributed by atoms with Crippen LogP contribution in [-0.4, -0.2) is 46.9 Å². The minimum Gasteiger partial charge on any atom is -0.462 e. The summed E-state index contributed by atoms with van der Waals surface area (Å²) in [5.41, 5.74) is 0. The second-order valence-corrected chi connectivity index (χ2v) is 18.6. The molecule has 3 unspecified atom stereocenters. The highest BCUT2D eigenvalue weighted by atomic mass is 16.5. The maximum absolute atomic E-state index is 13.2. The molecule has 0 aromatic carbocycles. The molecule has 0 radical (unpaired) electrons. The number of carbonyl (C=O) groups excluding carboxylic acids is 2. The number of hydrogen-bond donors (Lipinski definition) is 3. The largest absolute Gasteiger partial charge is 0.462 e. The zero-order valence-electron chi connectivity index (χ0n) is 40.2. The maximum atomic E-state index is 13.2. The standard InChI is InChI=1S/C53H105NO5/c1-4-7-10-13-16-19-22-24-26-27-30-32-35-38-41-44-49(59-53(58)46-43-40-37-34-31-28-25-23-20-17-14-11-8-5-2)47-52(57)54-50(48-55)51(56)45-42-39-36-33-29-21-18-15-12-9-6-3/h49-51,55-56H,4-48H2,1-3H3,(H,54,57). The number of aliphatic hydroxyl groups is 2. The fourth-order valence-corrected chi connectivity index (χ4v) is 8.61. The Morgan fingerprint density at radius 2 is 0.712 bits per heavy atom. The summed E-state index contributed by atoms with van der Waals surface area (Å²) in [5.74, 6) is -0.449. The smallest absolute Gasteiger partial charge is 0.306 e. The quantitative estimate of drug-likeness (QED) is 0.0419. The Morgan fingerprint density at radius 1 is 0.424 bits per heavy atom. The maximum Gasteiger partial charge on any atom is 0.306 e. The first-order valence-corrected chi connectivity index (χ1v) is 26.8. The van der Waals surface area contributed by atoms with Gasteiger partial charge in [-0.2, -0.15) is 0 Å². The Balaban J connectivity index is 4.52. The number of carbonyl (C=O) groups is 2. The SMILES string of the molecule is CCCCCCCCCCCCCCCCCC(CC(=O)NC(CO)C(O)CCCCCCCCCCCCC)OC(=O)CCCCCCCCCCCCCCCC. The van der Waals surface area contributed by atoms with Gasteiger partial charge in [0.2, 0.25) is 5.91 Å². The monoisotopic (exact) mass is 836 g/mol. The Hall–Kier alpha value is -1.14. The van der Waals surface area contributed by atoms with Crippen LogP contribution in [0.5, 0.6) is 0 Å². The molecule has 1 amide bonds. The average Bonchev–Trinajstić information content (AvgIpc) is 3.23. The Labute approximate surface area is 368 Å². The molecule has 0 aromatic heterocycles. The molecule has 352 valence electrons. The third-order valence-electron chi connectivity index (χ3n) is 12.7. The van der Waals surface area contributed by atoms with Gasteiger partial charge in [0.25, 0.3) is 0 Å². The molecule has 59 heavy (non-hydrogen) atoms. The second kappa shape index (κ2) is 47.9. The molecular formula is C53H105NO5. The molecule has 6 heteroatoms. The van der Waals surface area contributed by atoms with E-state index in [0.717, 1.165) is 38.5 Å². The van der Waals surface area contributed by atoms with Crippen LogP contribution in [0.3, 0.4) is 0 Å². The zero-order chi connectivity index (χ0) is 43.1. The van der Waals surface area contributed by atoms with Gasteiger partial charge in [-0.05, 0) is 25.7 Å². The van der Waals surface area contributed by atoms with Crippen molar-refractivity contribution in [1.29, 1.82) is 0 Å². The minimum absolute atomic E-state index is 0.0880. The number of ether oxygens (including phenoxy) is 1. The Morgan fingerprint density at radius 3 is 1.03 bits per heavy atom. The molecule has 0 aliphatic rings. The topological polar surface area (TPSA) is 95.9 Å². The molecule has 0 saturated heterocycles. The molecule has 0 spiro atoms. The van der Waals surface area contributed by atoms with Gasteiger partial charge in [-0.25, -0.2) is 0 Å². The number of aliphatic hydroxyl groups excluding tert-OH is 2. The summed E-state index contributed by atoms with van der Waals surface area (Å²) in [6, 6.07) is -0.691. The lowest BCUT2D eigenvalue weighted by Crippen LogP contribution is -2.46. The van der Waals surface area contributed by atoms with E-state index in [2.05, 4.69) is 26.1 Å². The third kappa shape index (κ3) is 43.3. The number of esters is 1. The second-order valence-electron chi connectivity index (χ2n) is 18.6. The molecule has 0 heterocycles. The molecule has 0 aliphatic carbocycles. The van der Waals surface area contributed by atoms with Crippen molar-refractivity contribution < 1.29 is 24.5 Å². The lowest BCUT2D eigenvalue weighted by atomic mass is 10.0. The molecule has 0 aromatic rings. The van der Waals surface area contributed by atoms with Crippen molar-refractivity contribution in [2.75, 3.05) is 6.61 Å². The lowest BCUT2D eigenvalue weighted by molar-refractivity contribution is -0.151. The first-order chi connectivity index (χ1) is 29.0. The van der Waals surface area contributed by atoms with Crippen LogP contribution in [0.1, 0.15) is 303 Å². The van der Waals surface area contributed by atoms with Gasteiger partial charge < -0.3 is 20.3 Å².